The molecule has 2 aliphatic rings. The van der Waals surface area contributed by atoms with Gasteiger partial charge in [-0.3, -0.25) is 4.79 Å². The molecule has 2 N–H and O–H groups in total. The van der Waals surface area contributed by atoms with Crippen LogP contribution in [0.3, 0.4) is 0 Å². The van der Waals surface area contributed by atoms with Gasteiger partial charge >= 0.3 is 0 Å². The Bertz CT molecular complexity index is 1260. The lowest BCUT2D eigenvalue weighted by Gasteiger charge is -2.27. The molecule has 8 nitrogen and oxygen atoms in total. The second-order valence-corrected chi connectivity index (χ2v) is 11.8. The van der Waals surface area contributed by atoms with Crippen molar-refractivity contribution in [1.29, 1.82) is 0 Å². The standard InChI is InChI=1S/C28H35N5O3S2/c1-3-19(16-37-35)8-10-30-28-22(15-29-17-31-28)26(34)23-14-21(18(2)38-23)27-25-20(9-13-36-27)6-7-24(32-25)33-11-4-5-12-33/h6-7,14-15,17,19,27,35H,3-5,8-13,16H2,1-2H3,(H,29,30,31). The molecule has 1 fully saturated rings. The summed E-state index contributed by atoms with van der Waals surface area (Å²) in [6.45, 7) is 7.56. The van der Waals surface area contributed by atoms with Crippen LogP contribution >= 0.6 is 23.4 Å². The molecule has 0 aliphatic carbocycles. The molecule has 0 radical (unpaired) electrons. The van der Waals surface area contributed by atoms with E-state index in [1.807, 2.05) is 13.0 Å². The summed E-state index contributed by atoms with van der Waals surface area (Å²) in [7, 11) is 0. The molecule has 10 heteroatoms. The van der Waals surface area contributed by atoms with Crippen molar-refractivity contribution in [2.75, 3.05) is 42.2 Å². The minimum Gasteiger partial charge on any atom is -0.369 e. The van der Waals surface area contributed by atoms with Gasteiger partial charge in [0.25, 0.3) is 0 Å². The Hall–Kier alpha value is -2.53. The lowest BCUT2D eigenvalue weighted by Crippen LogP contribution is -2.23. The summed E-state index contributed by atoms with van der Waals surface area (Å²) < 4.78 is 15.5. The van der Waals surface area contributed by atoms with Gasteiger partial charge in [0.15, 0.2) is 0 Å². The van der Waals surface area contributed by atoms with Crippen LogP contribution in [0.5, 0.6) is 0 Å². The summed E-state index contributed by atoms with van der Waals surface area (Å²) in [5, 5.41) is 3.32. The Labute approximate surface area is 232 Å². The highest BCUT2D eigenvalue weighted by atomic mass is 32.2. The number of nitrogens with zero attached hydrogens (tertiary/aromatic N) is 4. The Balaban J connectivity index is 1.37. The molecule has 0 spiro atoms. The van der Waals surface area contributed by atoms with Crippen LogP contribution in [-0.4, -0.2) is 57.3 Å². The molecule has 0 amide bonds. The number of hydrogen-bond acceptors (Lipinski definition) is 10. The number of hydrogen-bond donors (Lipinski definition) is 2. The maximum Gasteiger partial charge on any atom is 0.208 e. The Morgan fingerprint density at radius 2 is 2.18 bits per heavy atom. The van der Waals surface area contributed by atoms with Gasteiger partial charge in [0, 0.05) is 42.0 Å². The summed E-state index contributed by atoms with van der Waals surface area (Å²) in [4.78, 5) is 31.2. The van der Waals surface area contributed by atoms with Crippen LogP contribution < -0.4 is 10.2 Å². The van der Waals surface area contributed by atoms with Crippen molar-refractivity contribution in [2.45, 2.75) is 52.1 Å². The van der Waals surface area contributed by atoms with Gasteiger partial charge in [-0.05, 0) is 68.3 Å². The van der Waals surface area contributed by atoms with Crippen molar-refractivity contribution >= 4 is 40.8 Å². The van der Waals surface area contributed by atoms with Crippen LogP contribution in [-0.2, 0) is 11.2 Å². The third-order valence-corrected chi connectivity index (χ3v) is 9.17. The number of carbonyl (C=O) groups is 1. The predicted octanol–water partition coefficient (Wildman–Crippen LogP) is 5.77. The summed E-state index contributed by atoms with van der Waals surface area (Å²) in [6.07, 6.45) is 7.89. The fourth-order valence-electron chi connectivity index (χ4n) is 5.20. The molecule has 202 valence electrons. The van der Waals surface area contributed by atoms with Crippen LogP contribution in [0, 0.1) is 12.8 Å². The average Bonchev–Trinajstić information content (AvgIpc) is 3.62. The first-order valence-electron chi connectivity index (χ1n) is 13.4. The first-order valence-corrected chi connectivity index (χ1v) is 15.2. The molecule has 3 aromatic rings. The van der Waals surface area contributed by atoms with Gasteiger partial charge in [0.1, 0.15) is 24.1 Å². The lowest BCUT2D eigenvalue weighted by molar-refractivity contribution is 0.0664. The minimum atomic E-state index is -0.279. The van der Waals surface area contributed by atoms with E-state index in [4.69, 9.17) is 9.72 Å². The van der Waals surface area contributed by atoms with Crippen molar-refractivity contribution < 1.29 is 14.1 Å². The minimum absolute atomic E-state index is 0.0970. The van der Waals surface area contributed by atoms with E-state index in [-0.39, 0.29) is 11.9 Å². The monoisotopic (exact) mass is 553 g/mol. The highest BCUT2D eigenvalue weighted by Gasteiger charge is 2.30. The first-order chi connectivity index (χ1) is 18.6. The second-order valence-electron chi connectivity index (χ2n) is 9.93. The zero-order valence-corrected chi connectivity index (χ0v) is 23.6. The van der Waals surface area contributed by atoms with E-state index in [1.165, 1.54) is 36.1 Å². The fourth-order valence-corrected chi connectivity index (χ4v) is 6.82. The molecule has 5 rings (SSSR count). The maximum absolute atomic E-state index is 13.6. The number of nitrogens with one attached hydrogen (secondary N) is 1. The highest BCUT2D eigenvalue weighted by molar-refractivity contribution is 7.93. The van der Waals surface area contributed by atoms with Crippen LogP contribution in [0.15, 0.2) is 30.7 Å². The van der Waals surface area contributed by atoms with Crippen LogP contribution in [0.25, 0.3) is 0 Å². The number of fused-ring (bicyclic) bond motifs is 1. The predicted molar refractivity (Wildman–Crippen MR) is 154 cm³/mol. The molecule has 2 unspecified atom stereocenters. The number of anilines is 2. The molecule has 38 heavy (non-hydrogen) atoms. The molecule has 2 atom stereocenters. The number of aromatic nitrogens is 3. The Kier molecular flexibility index (Phi) is 8.93. The van der Waals surface area contributed by atoms with Gasteiger partial charge in [-0.1, -0.05) is 19.4 Å². The van der Waals surface area contributed by atoms with Crippen molar-refractivity contribution in [1.82, 2.24) is 15.0 Å². The quantitative estimate of drug-likeness (QED) is 0.226. The van der Waals surface area contributed by atoms with Crippen LogP contribution in [0.4, 0.5) is 11.6 Å². The molecule has 5 heterocycles. The number of rotatable bonds is 11. The number of aryl methyl sites for hydroxylation is 1. The number of ether oxygens (including phenoxy) is 1. The van der Waals surface area contributed by atoms with E-state index < -0.39 is 0 Å². The van der Waals surface area contributed by atoms with Gasteiger partial charge < -0.3 is 19.5 Å². The Morgan fingerprint density at radius 1 is 1.34 bits per heavy atom. The molecule has 0 bridgehead atoms. The van der Waals surface area contributed by atoms with Gasteiger partial charge in [-0.25, -0.2) is 15.0 Å². The molecule has 0 aromatic carbocycles. The van der Waals surface area contributed by atoms with Crippen LogP contribution in [0.1, 0.15) is 75.6 Å². The number of ketones is 1. The summed E-state index contributed by atoms with van der Waals surface area (Å²) in [5.74, 6) is 2.56. The van der Waals surface area contributed by atoms with E-state index in [0.717, 1.165) is 66.3 Å². The Morgan fingerprint density at radius 3 is 2.97 bits per heavy atom. The van der Waals surface area contributed by atoms with E-state index >= 15 is 0 Å². The SMILES string of the molecule is CCC(CCNc1ncncc1C(=O)c1cc(C2OCCc3ccc(N4CCCC4)nc32)c(C)s1)CSO. The van der Waals surface area contributed by atoms with E-state index in [1.54, 1.807) is 6.20 Å². The zero-order valence-electron chi connectivity index (χ0n) is 22.0. The maximum atomic E-state index is 13.6. The van der Waals surface area contributed by atoms with E-state index in [2.05, 4.69) is 39.2 Å². The van der Waals surface area contributed by atoms with E-state index in [9.17, 15) is 9.35 Å². The van der Waals surface area contributed by atoms with E-state index in [0.29, 0.717) is 41.1 Å². The number of thiophene rings is 1. The normalized spacial score (nSPS) is 17.9. The molecular formula is C28H35N5O3S2. The second kappa shape index (κ2) is 12.5. The van der Waals surface area contributed by atoms with Gasteiger partial charge in [0.2, 0.25) is 5.78 Å². The number of carbonyl (C=O) groups excluding carboxylic acids is 1. The molecular weight excluding hydrogens is 518 g/mol. The third kappa shape index (κ3) is 5.88. The first kappa shape index (κ1) is 27.1. The van der Waals surface area contributed by atoms with Crippen molar-refractivity contribution in [3.63, 3.8) is 0 Å². The smallest absolute Gasteiger partial charge is 0.208 e. The van der Waals surface area contributed by atoms with Gasteiger partial charge in [-0.2, -0.15) is 0 Å². The molecule has 3 aromatic heterocycles. The lowest BCUT2D eigenvalue weighted by atomic mass is 9.97. The molecule has 1 saturated heterocycles. The highest BCUT2D eigenvalue weighted by Crippen LogP contribution is 2.38. The largest absolute Gasteiger partial charge is 0.369 e. The van der Waals surface area contributed by atoms with Crippen molar-refractivity contribution in [3.05, 3.63) is 62.9 Å². The fraction of sp³-hybridized carbons (Fsp3) is 0.500. The number of pyridine rings is 1. The zero-order chi connectivity index (χ0) is 26.5. The molecule has 2 aliphatic heterocycles. The summed E-state index contributed by atoms with van der Waals surface area (Å²) >= 11 is 2.36. The topological polar surface area (TPSA) is 100 Å². The van der Waals surface area contributed by atoms with Gasteiger partial charge in [0.05, 0.1) is 22.7 Å². The van der Waals surface area contributed by atoms with Gasteiger partial charge in [-0.15, -0.1) is 11.3 Å². The third-order valence-electron chi connectivity index (χ3n) is 7.48. The summed E-state index contributed by atoms with van der Waals surface area (Å²) in [6, 6.07) is 6.30. The summed E-state index contributed by atoms with van der Waals surface area (Å²) in [5.41, 5.74) is 3.65. The van der Waals surface area contributed by atoms with Crippen molar-refractivity contribution in [3.8, 4) is 0 Å². The molecule has 0 saturated carbocycles. The van der Waals surface area contributed by atoms with Crippen molar-refractivity contribution in [2.24, 2.45) is 5.92 Å². The van der Waals surface area contributed by atoms with Crippen LogP contribution in [0.2, 0.25) is 0 Å². The average molecular weight is 554 g/mol.